The summed E-state index contributed by atoms with van der Waals surface area (Å²) >= 11 is 0. The molecule has 7 heavy (non-hydrogen) atoms. The van der Waals surface area contributed by atoms with Crippen molar-refractivity contribution in [2.24, 2.45) is 0 Å². The summed E-state index contributed by atoms with van der Waals surface area (Å²) in [5.74, 6) is 0. The third kappa shape index (κ3) is 111. The Bertz CT molecular complexity index is 94.9. The van der Waals surface area contributed by atoms with Crippen molar-refractivity contribution < 1.29 is 47.1 Å². The van der Waals surface area contributed by atoms with Gasteiger partial charge in [-0.05, 0) is 0 Å². The van der Waals surface area contributed by atoms with Gasteiger partial charge in [0.1, 0.15) is 0 Å². The Labute approximate surface area is 74.0 Å². The van der Waals surface area contributed by atoms with Crippen molar-refractivity contribution in [2.75, 3.05) is 0 Å². The first-order chi connectivity index (χ1) is 2.00. The first-order valence-corrected chi connectivity index (χ1v) is 2.05. The van der Waals surface area contributed by atoms with Crippen molar-refractivity contribution >= 4 is 27.5 Å². The van der Waals surface area contributed by atoms with E-state index in [4.69, 9.17) is 17.5 Å². The zero-order chi connectivity index (χ0) is 4.50. The fourth-order valence-corrected chi connectivity index (χ4v) is 0. The van der Waals surface area contributed by atoms with Crippen LogP contribution in [0.15, 0.2) is 0 Å². The van der Waals surface area contributed by atoms with Crippen LogP contribution in [0.1, 0.15) is 0 Å². The molecule has 0 heterocycles. The molecule has 7 heteroatoms. The molecule has 0 saturated heterocycles. The zero-order valence-corrected chi connectivity index (χ0v) is 8.49. The molecule has 0 saturated carbocycles. The van der Waals surface area contributed by atoms with E-state index in [2.05, 4.69) is 0 Å². The molecule has 0 aliphatic carbocycles. The Morgan fingerprint density at radius 2 is 1.43 bits per heavy atom. The molecule has 4 nitrogen and oxygen atoms in total. The quantitative estimate of drug-likeness (QED) is 0.242. The van der Waals surface area contributed by atoms with Gasteiger partial charge in [0.05, 0.1) is 0 Å². The molecule has 0 aromatic heterocycles. The van der Waals surface area contributed by atoms with Crippen molar-refractivity contribution in [2.45, 2.75) is 0 Å². The first kappa shape index (κ1) is 15.8. The molecule has 0 aromatic rings. The van der Waals surface area contributed by atoms with E-state index in [0.717, 1.165) is 0 Å². The Kier molecular flexibility index (Phi) is 12.4. The summed E-state index contributed by atoms with van der Waals surface area (Å²) in [6.45, 7) is 0. The Hall–Kier alpha value is 1.39. The van der Waals surface area contributed by atoms with Crippen LogP contribution in [0.3, 0.4) is 0 Å². The van der Waals surface area contributed by atoms with Crippen molar-refractivity contribution in [3.63, 3.8) is 0 Å². The molecule has 0 aromatic carbocycles. The summed E-state index contributed by atoms with van der Waals surface area (Å²) < 4.78 is 32.8. The van der Waals surface area contributed by atoms with Crippen molar-refractivity contribution in [1.29, 1.82) is 0 Å². The molecule has 0 amide bonds. The minimum atomic E-state index is -4.92. The average Bonchev–Trinajstić information content (AvgIpc) is 0.722. The number of hydrogen-bond donors (Lipinski definition) is 1. The van der Waals surface area contributed by atoms with E-state index in [1.807, 2.05) is 0 Å². The van der Waals surface area contributed by atoms with Crippen LogP contribution in [-0.2, 0) is 10.4 Å². The van der Waals surface area contributed by atoms with E-state index in [1.54, 1.807) is 0 Å². The van der Waals surface area contributed by atoms with Gasteiger partial charge in [-0.25, -0.2) is 8.42 Å². The van der Waals surface area contributed by atoms with Crippen LogP contribution in [-0.4, -0.2) is 34.6 Å². The Morgan fingerprint density at radius 3 is 1.43 bits per heavy atom. The standard InChI is InChI=1S/Na.H2O4S.H2Se/c;1-5(2,3)4;/h;(H2,1,2,3,4);1H2/q+1;;/p-1. The van der Waals surface area contributed by atoms with Gasteiger partial charge in [0.25, 0.3) is 0 Å². The van der Waals surface area contributed by atoms with Crippen LogP contribution < -0.4 is 29.6 Å². The fourth-order valence-electron chi connectivity index (χ4n) is 0. The van der Waals surface area contributed by atoms with Crippen molar-refractivity contribution in [3.8, 4) is 0 Å². The van der Waals surface area contributed by atoms with Gasteiger partial charge in [0.2, 0.25) is 10.4 Å². The molecule has 0 spiro atoms. The third-order valence-electron chi connectivity index (χ3n) is 0. The molecule has 1 N–H and O–H groups in total. The van der Waals surface area contributed by atoms with Gasteiger partial charge in [-0.1, -0.05) is 0 Å². The van der Waals surface area contributed by atoms with Crippen molar-refractivity contribution in [3.05, 3.63) is 0 Å². The second-order valence-electron chi connectivity index (χ2n) is 0.428. The first-order valence-electron chi connectivity index (χ1n) is 0.683. The summed E-state index contributed by atoms with van der Waals surface area (Å²) in [5, 5.41) is 0. The van der Waals surface area contributed by atoms with Gasteiger partial charge in [-0.2, -0.15) is 0 Å². The number of hydrogen-bond acceptors (Lipinski definition) is 3. The van der Waals surface area contributed by atoms with Gasteiger partial charge in [0.15, 0.2) is 0 Å². The fraction of sp³-hybridized carbons (Fsp3) is 0. The van der Waals surface area contributed by atoms with Crippen LogP contribution in [0, 0.1) is 0 Å². The van der Waals surface area contributed by atoms with Gasteiger partial charge in [-0.3, -0.25) is 4.55 Å². The van der Waals surface area contributed by atoms with Gasteiger partial charge < -0.3 is 4.55 Å². The molecule has 40 valence electrons. The summed E-state index contributed by atoms with van der Waals surface area (Å²) in [6, 6.07) is 0. The number of rotatable bonds is 0. The van der Waals surface area contributed by atoms with Crippen LogP contribution in [0.25, 0.3) is 0 Å². The van der Waals surface area contributed by atoms with Gasteiger partial charge in [-0.15, -0.1) is 0 Å². The summed E-state index contributed by atoms with van der Waals surface area (Å²) in [4.78, 5) is 0. The summed E-state index contributed by atoms with van der Waals surface area (Å²) in [6.07, 6.45) is 0. The average molecular weight is 201 g/mol. The summed E-state index contributed by atoms with van der Waals surface area (Å²) in [7, 11) is -4.92. The predicted molar refractivity (Wildman–Crippen MR) is 20.9 cm³/mol. The molecule has 0 bridgehead atoms. The van der Waals surface area contributed by atoms with E-state index in [1.165, 1.54) is 0 Å². The van der Waals surface area contributed by atoms with E-state index >= 15 is 0 Å². The second-order valence-corrected chi connectivity index (χ2v) is 1.28. The van der Waals surface area contributed by atoms with E-state index in [0.29, 0.717) is 0 Å². The molecular weight excluding hydrogens is 198 g/mol. The SMILES string of the molecule is O=S(=O)([O-])O.[Na+].[SeH2]. The molecule has 0 aliphatic rings. The molecule has 0 fully saturated rings. The van der Waals surface area contributed by atoms with E-state index in [9.17, 15) is 0 Å². The van der Waals surface area contributed by atoms with Crippen LogP contribution in [0.5, 0.6) is 0 Å². The maximum atomic E-state index is 8.63. The normalized spacial score (nSPS) is 8.29. The third-order valence-corrected chi connectivity index (χ3v) is 0. The maximum absolute atomic E-state index is 8.63. The van der Waals surface area contributed by atoms with E-state index < -0.39 is 10.4 Å². The van der Waals surface area contributed by atoms with Gasteiger partial charge >= 0.3 is 46.6 Å². The minimum absolute atomic E-state index is 0. The molecule has 0 atom stereocenters. The molecule has 0 unspecified atom stereocenters. The Morgan fingerprint density at radius 1 is 1.43 bits per heavy atom. The predicted octanol–water partition coefficient (Wildman–Crippen LogP) is -4.91. The van der Waals surface area contributed by atoms with Crippen LogP contribution in [0.2, 0.25) is 0 Å². The summed E-state index contributed by atoms with van der Waals surface area (Å²) in [5.41, 5.74) is 0. The topological polar surface area (TPSA) is 77.4 Å². The second kappa shape index (κ2) is 5.52. The molecule has 0 radical (unpaired) electrons. The zero-order valence-electron chi connectivity index (χ0n) is 3.58. The monoisotopic (exact) mass is 202 g/mol. The van der Waals surface area contributed by atoms with Crippen LogP contribution >= 0.6 is 0 Å². The Balaban J connectivity index is -0.0000000800. The van der Waals surface area contributed by atoms with Crippen molar-refractivity contribution in [1.82, 2.24) is 0 Å². The van der Waals surface area contributed by atoms with E-state index in [-0.39, 0.29) is 46.6 Å². The van der Waals surface area contributed by atoms with Crippen LogP contribution in [0.4, 0.5) is 0 Å². The van der Waals surface area contributed by atoms with Gasteiger partial charge in [0, 0.05) is 0 Å². The molecular formula is H3NaO4SSe. The molecule has 0 rings (SSSR count). The molecule has 0 aliphatic heterocycles.